The summed E-state index contributed by atoms with van der Waals surface area (Å²) in [6.45, 7) is 8.41. The second-order valence-corrected chi connectivity index (χ2v) is 11.5. The Bertz CT molecular complexity index is 1210. The number of nitrogens with zero attached hydrogens (tertiary/aromatic N) is 3. The molecule has 1 saturated heterocycles. The molecule has 1 fully saturated rings. The molecule has 0 amide bonds. The van der Waals surface area contributed by atoms with Crippen LogP contribution >= 0.6 is 11.3 Å². The molecule has 1 aliphatic carbocycles. The Morgan fingerprint density at radius 1 is 1.06 bits per heavy atom. The minimum absolute atomic E-state index is 0.0414. The van der Waals surface area contributed by atoms with Crippen LogP contribution in [0.5, 0.6) is 0 Å². The lowest BCUT2D eigenvalue weighted by Crippen LogP contribution is -2.36. The molecule has 1 aromatic carbocycles. The van der Waals surface area contributed by atoms with Gasteiger partial charge in [-0.15, -0.1) is 11.3 Å². The van der Waals surface area contributed by atoms with Gasteiger partial charge in [-0.05, 0) is 55.3 Å². The molecule has 2 aromatic heterocycles. The van der Waals surface area contributed by atoms with E-state index in [0.29, 0.717) is 19.6 Å². The normalized spacial score (nSPS) is 17.8. The van der Waals surface area contributed by atoms with E-state index < -0.39 is 0 Å². The van der Waals surface area contributed by atoms with Crippen LogP contribution in [0.25, 0.3) is 22.5 Å². The number of pyridine rings is 1. The number of hydrogen-bond donors (Lipinski definition) is 0. The second-order valence-electron chi connectivity index (χ2n) is 10.5. The van der Waals surface area contributed by atoms with Crippen molar-refractivity contribution in [1.82, 2.24) is 9.88 Å². The van der Waals surface area contributed by atoms with Gasteiger partial charge >= 0.3 is 0 Å². The summed E-state index contributed by atoms with van der Waals surface area (Å²) in [4.78, 5) is 23.8. The van der Waals surface area contributed by atoms with Crippen LogP contribution < -0.4 is 4.90 Å². The average Bonchev–Trinajstić information content (AvgIpc) is 3.18. The Hall–Kier alpha value is -2.54. The summed E-state index contributed by atoms with van der Waals surface area (Å²) >= 11 is 1.66. The number of carbonyl (C=O) groups excluding carboxylic acids is 1. The summed E-state index contributed by atoms with van der Waals surface area (Å²) in [5.74, 6) is 0.268. The number of carbonyl (C=O) groups is 1. The van der Waals surface area contributed by atoms with Crippen LogP contribution in [0.15, 0.2) is 42.5 Å². The van der Waals surface area contributed by atoms with Crippen molar-refractivity contribution in [3.63, 3.8) is 0 Å². The fraction of sp³-hybridized carbons (Fsp3) is 0.429. The number of ether oxygens (including phenoxy) is 1. The Morgan fingerprint density at radius 3 is 2.56 bits per heavy atom. The van der Waals surface area contributed by atoms with E-state index in [1.165, 1.54) is 16.1 Å². The molecule has 5 nitrogen and oxygen atoms in total. The molecule has 0 bridgehead atoms. The van der Waals surface area contributed by atoms with Crippen molar-refractivity contribution < 1.29 is 9.53 Å². The van der Waals surface area contributed by atoms with Crippen LogP contribution in [0.2, 0.25) is 0 Å². The van der Waals surface area contributed by atoms with Gasteiger partial charge in [0.1, 0.15) is 5.00 Å². The number of aromatic nitrogens is 1. The summed E-state index contributed by atoms with van der Waals surface area (Å²) in [6.07, 6.45) is 1.50. The van der Waals surface area contributed by atoms with Crippen molar-refractivity contribution in [3.8, 4) is 22.5 Å². The van der Waals surface area contributed by atoms with Gasteiger partial charge in [0, 0.05) is 37.2 Å². The third kappa shape index (κ3) is 4.67. The summed E-state index contributed by atoms with van der Waals surface area (Å²) in [6, 6.07) is 14.9. The molecule has 5 rings (SSSR count). The lowest BCUT2D eigenvalue weighted by atomic mass is 9.75. The van der Waals surface area contributed by atoms with Crippen LogP contribution in [0.3, 0.4) is 0 Å². The molecule has 0 saturated carbocycles. The molecule has 34 heavy (non-hydrogen) atoms. The van der Waals surface area contributed by atoms with Crippen LogP contribution in [-0.4, -0.2) is 56.1 Å². The van der Waals surface area contributed by atoms with Crippen LogP contribution in [0, 0.1) is 5.41 Å². The van der Waals surface area contributed by atoms with Crippen molar-refractivity contribution in [2.45, 2.75) is 33.2 Å². The molecular formula is C28H33N3O2S. The van der Waals surface area contributed by atoms with E-state index in [9.17, 15) is 4.79 Å². The summed E-state index contributed by atoms with van der Waals surface area (Å²) < 4.78 is 5.62. The Balaban J connectivity index is 1.62. The number of hydrogen-bond acceptors (Lipinski definition) is 6. The van der Waals surface area contributed by atoms with Crippen LogP contribution in [0.4, 0.5) is 5.00 Å². The summed E-state index contributed by atoms with van der Waals surface area (Å²) in [5.41, 5.74) is 6.60. The average molecular weight is 476 g/mol. The number of benzene rings is 1. The van der Waals surface area contributed by atoms with E-state index in [4.69, 9.17) is 9.72 Å². The maximum absolute atomic E-state index is 13.1. The predicted octanol–water partition coefficient (Wildman–Crippen LogP) is 5.53. The van der Waals surface area contributed by atoms with Gasteiger partial charge in [-0.25, -0.2) is 4.98 Å². The van der Waals surface area contributed by atoms with Crippen LogP contribution in [0.1, 0.15) is 41.1 Å². The highest BCUT2D eigenvalue weighted by Crippen LogP contribution is 2.49. The van der Waals surface area contributed by atoms with E-state index in [1.54, 1.807) is 11.3 Å². The van der Waals surface area contributed by atoms with Gasteiger partial charge in [0.2, 0.25) is 0 Å². The quantitative estimate of drug-likeness (QED) is 0.485. The first kappa shape index (κ1) is 23.2. The third-order valence-corrected chi connectivity index (χ3v) is 7.90. The number of ketones is 1. The van der Waals surface area contributed by atoms with E-state index >= 15 is 0 Å². The fourth-order valence-corrected chi connectivity index (χ4v) is 6.40. The van der Waals surface area contributed by atoms with Crippen molar-refractivity contribution in [3.05, 3.63) is 58.5 Å². The molecule has 0 unspecified atom stereocenters. The number of morpholine rings is 1. The standard InChI is InChI=1S/C28H33N3O2S/c1-28(2)16-21-25(27(31-11-13-33-14-12-31)34-26(21)24(32)17-28)23-10-6-9-22(29-23)20-8-5-7-19(15-20)18-30(3)4/h5-10,15H,11-14,16-18H2,1-4H3. The highest BCUT2D eigenvalue weighted by Gasteiger charge is 2.37. The van der Waals surface area contributed by atoms with Gasteiger partial charge in [-0.2, -0.15) is 0 Å². The van der Waals surface area contributed by atoms with Crippen molar-refractivity contribution in [2.75, 3.05) is 45.3 Å². The number of thiophene rings is 1. The van der Waals surface area contributed by atoms with Gasteiger partial charge in [0.05, 0.1) is 29.5 Å². The van der Waals surface area contributed by atoms with Gasteiger partial charge in [-0.1, -0.05) is 38.1 Å². The van der Waals surface area contributed by atoms with Gasteiger partial charge in [-0.3, -0.25) is 4.79 Å². The zero-order chi connectivity index (χ0) is 23.9. The van der Waals surface area contributed by atoms with Gasteiger partial charge in [0.25, 0.3) is 0 Å². The smallest absolute Gasteiger partial charge is 0.173 e. The van der Waals surface area contributed by atoms with E-state index in [-0.39, 0.29) is 11.2 Å². The number of Topliss-reactive ketones (excluding diaryl/α,β-unsaturated/α-hetero) is 1. The molecule has 0 spiro atoms. The predicted molar refractivity (Wildman–Crippen MR) is 140 cm³/mol. The molecule has 1 aliphatic heterocycles. The molecule has 3 aromatic rings. The minimum atomic E-state index is -0.0414. The SMILES string of the molecule is CN(C)Cc1cccc(-c2cccc(-c3c(N4CCOCC4)sc4c3CC(C)(C)CC4=O)n2)c1. The third-order valence-electron chi connectivity index (χ3n) is 6.56. The number of anilines is 1. The molecule has 178 valence electrons. The minimum Gasteiger partial charge on any atom is -0.378 e. The lowest BCUT2D eigenvalue weighted by molar-refractivity contribution is 0.0918. The first-order chi connectivity index (χ1) is 16.3. The van der Waals surface area contributed by atoms with Crippen molar-refractivity contribution >= 4 is 22.1 Å². The van der Waals surface area contributed by atoms with Crippen molar-refractivity contribution in [1.29, 1.82) is 0 Å². The van der Waals surface area contributed by atoms with E-state index in [0.717, 1.165) is 53.4 Å². The van der Waals surface area contributed by atoms with E-state index in [1.807, 2.05) is 0 Å². The molecular weight excluding hydrogens is 442 g/mol. The Morgan fingerprint density at radius 2 is 1.79 bits per heavy atom. The van der Waals surface area contributed by atoms with Crippen molar-refractivity contribution in [2.24, 2.45) is 5.41 Å². The second kappa shape index (κ2) is 9.25. The molecule has 6 heteroatoms. The molecule has 0 atom stereocenters. The zero-order valence-corrected chi connectivity index (χ0v) is 21.4. The highest BCUT2D eigenvalue weighted by atomic mass is 32.1. The molecule has 2 aliphatic rings. The maximum atomic E-state index is 13.1. The fourth-order valence-electron chi connectivity index (χ4n) is 5.08. The molecule has 3 heterocycles. The lowest BCUT2D eigenvalue weighted by Gasteiger charge is -2.30. The number of rotatable bonds is 5. The van der Waals surface area contributed by atoms with Gasteiger partial charge < -0.3 is 14.5 Å². The maximum Gasteiger partial charge on any atom is 0.173 e. The largest absolute Gasteiger partial charge is 0.378 e. The monoisotopic (exact) mass is 475 g/mol. The highest BCUT2D eigenvalue weighted by molar-refractivity contribution is 7.19. The molecule has 0 N–H and O–H groups in total. The number of fused-ring (bicyclic) bond motifs is 1. The molecule has 0 radical (unpaired) electrons. The van der Waals surface area contributed by atoms with Gasteiger partial charge in [0.15, 0.2) is 5.78 Å². The summed E-state index contributed by atoms with van der Waals surface area (Å²) in [7, 11) is 4.17. The van der Waals surface area contributed by atoms with E-state index in [2.05, 4.69) is 80.2 Å². The topological polar surface area (TPSA) is 45.7 Å². The first-order valence-electron chi connectivity index (χ1n) is 12.0. The Labute approximate surface area is 206 Å². The zero-order valence-electron chi connectivity index (χ0n) is 20.6. The first-order valence-corrected chi connectivity index (χ1v) is 12.9. The summed E-state index contributed by atoms with van der Waals surface area (Å²) in [5, 5.41) is 1.17. The van der Waals surface area contributed by atoms with Crippen LogP contribution in [-0.2, 0) is 17.7 Å². The Kier molecular flexibility index (Phi) is 6.32.